The van der Waals surface area contributed by atoms with Crippen LogP contribution in [0.15, 0.2) is 24.3 Å². The lowest BCUT2D eigenvalue weighted by molar-refractivity contribution is -0.120. The van der Waals surface area contributed by atoms with Gasteiger partial charge in [0.2, 0.25) is 5.91 Å². The normalized spacial score (nSPS) is 16.2. The maximum atomic E-state index is 11.7. The van der Waals surface area contributed by atoms with Gasteiger partial charge in [-0.2, -0.15) is 0 Å². The van der Waals surface area contributed by atoms with Crippen molar-refractivity contribution in [3.05, 3.63) is 29.8 Å². The van der Waals surface area contributed by atoms with E-state index < -0.39 is 0 Å². The number of piperazine rings is 1. The minimum absolute atomic E-state index is 0. The van der Waals surface area contributed by atoms with Crippen molar-refractivity contribution in [2.24, 2.45) is 5.92 Å². The molecule has 8 heteroatoms. The predicted octanol–water partition coefficient (Wildman–Crippen LogP) is 3.28. The summed E-state index contributed by atoms with van der Waals surface area (Å²) >= 11 is 0. The highest BCUT2D eigenvalue weighted by Crippen LogP contribution is 2.27. The summed E-state index contributed by atoms with van der Waals surface area (Å²) in [5.41, 5.74) is 2.68. The highest BCUT2D eigenvalue weighted by molar-refractivity contribution is 5.86. The quantitative estimate of drug-likeness (QED) is 0.518. The SMILES string of the molecule is Cc1cccc(N2CCN(CCCCNC(=O)CNCC3CC3)CC2)c1.Cl.Cl.Cl. The number of aryl methyl sites for hydroxylation is 1. The van der Waals surface area contributed by atoms with Crippen LogP contribution in [0.4, 0.5) is 5.69 Å². The minimum atomic E-state index is 0. The molecule has 1 aliphatic carbocycles. The van der Waals surface area contributed by atoms with Crippen LogP contribution < -0.4 is 15.5 Å². The monoisotopic (exact) mass is 466 g/mol. The second-order valence-corrected chi connectivity index (χ2v) is 7.80. The fourth-order valence-electron chi connectivity index (χ4n) is 3.52. The van der Waals surface area contributed by atoms with E-state index in [1.54, 1.807) is 0 Å². The highest BCUT2D eigenvalue weighted by atomic mass is 35.5. The van der Waals surface area contributed by atoms with Crippen LogP contribution in [-0.4, -0.2) is 63.2 Å². The molecular weight excluding hydrogens is 431 g/mol. The third kappa shape index (κ3) is 10.7. The molecule has 1 amide bonds. The molecule has 0 radical (unpaired) electrons. The lowest BCUT2D eigenvalue weighted by atomic mass is 10.2. The average Bonchev–Trinajstić information content (AvgIpc) is 3.46. The zero-order chi connectivity index (χ0) is 18.2. The fourth-order valence-corrected chi connectivity index (χ4v) is 3.52. The van der Waals surface area contributed by atoms with Crippen molar-refractivity contribution < 1.29 is 4.79 Å². The molecule has 1 aliphatic heterocycles. The second kappa shape index (κ2) is 15.1. The number of nitrogens with zero attached hydrogens (tertiary/aromatic N) is 2. The molecule has 1 aromatic rings. The molecule has 1 aromatic carbocycles. The Hall–Kier alpha value is -0.720. The van der Waals surface area contributed by atoms with Crippen molar-refractivity contribution in [1.29, 1.82) is 0 Å². The van der Waals surface area contributed by atoms with Crippen molar-refractivity contribution >= 4 is 48.8 Å². The highest BCUT2D eigenvalue weighted by Gasteiger charge is 2.20. The number of halogens is 3. The van der Waals surface area contributed by atoms with Crippen LogP contribution in [0, 0.1) is 12.8 Å². The smallest absolute Gasteiger partial charge is 0.233 e. The number of hydrogen-bond donors (Lipinski definition) is 2. The molecule has 2 fully saturated rings. The van der Waals surface area contributed by atoms with Gasteiger partial charge in [-0.15, -0.1) is 37.2 Å². The van der Waals surface area contributed by atoms with Crippen LogP contribution >= 0.6 is 37.2 Å². The van der Waals surface area contributed by atoms with Crippen LogP contribution in [0.25, 0.3) is 0 Å². The van der Waals surface area contributed by atoms with Crippen LogP contribution in [0.1, 0.15) is 31.2 Å². The molecule has 29 heavy (non-hydrogen) atoms. The molecule has 0 aromatic heterocycles. The van der Waals surface area contributed by atoms with Gasteiger partial charge in [0.25, 0.3) is 0 Å². The molecule has 0 atom stereocenters. The number of amides is 1. The summed E-state index contributed by atoms with van der Waals surface area (Å²) in [5.74, 6) is 0.964. The van der Waals surface area contributed by atoms with Gasteiger partial charge in [-0.3, -0.25) is 9.69 Å². The lowest BCUT2D eigenvalue weighted by Gasteiger charge is -2.36. The van der Waals surface area contributed by atoms with E-state index in [1.807, 2.05) is 0 Å². The lowest BCUT2D eigenvalue weighted by Crippen LogP contribution is -2.46. The van der Waals surface area contributed by atoms with Gasteiger partial charge in [0.05, 0.1) is 6.54 Å². The molecule has 168 valence electrons. The van der Waals surface area contributed by atoms with Gasteiger partial charge in [0.1, 0.15) is 0 Å². The summed E-state index contributed by atoms with van der Waals surface area (Å²) in [4.78, 5) is 16.7. The molecule has 0 bridgehead atoms. The van der Waals surface area contributed by atoms with Gasteiger partial charge >= 0.3 is 0 Å². The Morgan fingerprint density at radius 1 is 1.07 bits per heavy atom. The Labute approximate surface area is 194 Å². The van der Waals surface area contributed by atoms with Crippen LogP contribution in [0.2, 0.25) is 0 Å². The van der Waals surface area contributed by atoms with Crippen LogP contribution in [0.3, 0.4) is 0 Å². The number of unbranched alkanes of at least 4 members (excludes halogenated alkanes) is 1. The summed E-state index contributed by atoms with van der Waals surface area (Å²) in [7, 11) is 0. The number of carbonyl (C=O) groups excluding carboxylic acids is 1. The third-order valence-electron chi connectivity index (χ3n) is 5.38. The van der Waals surface area contributed by atoms with E-state index in [4.69, 9.17) is 0 Å². The summed E-state index contributed by atoms with van der Waals surface area (Å²) < 4.78 is 0. The van der Waals surface area contributed by atoms with Gasteiger partial charge in [-0.25, -0.2) is 0 Å². The first-order valence-corrected chi connectivity index (χ1v) is 10.2. The topological polar surface area (TPSA) is 47.6 Å². The molecule has 1 heterocycles. The summed E-state index contributed by atoms with van der Waals surface area (Å²) in [6.07, 6.45) is 4.87. The summed E-state index contributed by atoms with van der Waals surface area (Å²) in [6.45, 7) is 10.0. The van der Waals surface area contributed by atoms with Crippen molar-refractivity contribution in [3.63, 3.8) is 0 Å². The largest absolute Gasteiger partial charge is 0.369 e. The maximum Gasteiger partial charge on any atom is 0.233 e. The Kier molecular flexibility index (Phi) is 14.8. The predicted molar refractivity (Wildman–Crippen MR) is 129 cm³/mol. The van der Waals surface area contributed by atoms with E-state index in [0.29, 0.717) is 6.54 Å². The van der Waals surface area contributed by atoms with Crippen LogP contribution in [-0.2, 0) is 4.79 Å². The second-order valence-electron chi connectivity index (χ2n) is 7.80. The average molecular weight is 468 g/mol. The zero-order valence-electron chi connectivity index (χ0n) is 17.4. The van der Waals surface area contributed by atoms with Crippen molar-refractivity contribution in [3.8, 4) is 0 Å². The van der Waals surface area contributed by atoms with Crippen LogP contribution in [0.5, 0.6) is 0 Å². The Bertz CT molecular complexity index is 579. The summed E-state index contributed by atoms with van der Waals surface area (Å²) in [6, 6.07) is 8.79. The van der Waals surface area contributed by atoms with Gasteiger partial charge < -0.3 is 15.5 Å². The van der Waals surface area contributed by atoms with E-state index in [0.717, 1.165) is 64.6 Å². The number of hydrogen-bond acceptors (Lipinski definition) is 4. The van der Waals surface area contributed by atoms with E-state index >= 15 is 0 Å². The molecule has 2 aliphatic rings. The first-order valence-electron chi connectivity index (χ1n) is 10.2. The number of anilines is 1. The van der Waals surface area contributed by atoms with Gasteiger partial charge in [-0.1, -0.05) is 12.1 Å². The standard InChI is InChI=1S/C21H34N4O.3ClH/c1-18-5-4-6-20(15-18)25-13-11-24(12-14-25)10-3-2-9-23-21(26)17-22-16-19-7-8-19;;;/h4-6,15,19,22H,2-3,7-14,16-17H2,1H3,(H,23,26);3*1H. The molecular formula is C21H37Cl3N4O. The van der Waals surface area contributed by atoms with Crippen molar-refractivity contribution in [2.75, 3.05) is 57.3 Å². The molecule has 0 unspecified atom stereocenters. The summed E-state index contributed by atoms with van der Waals surface area (Å²) in [5, 5.41) is 6.26. The van der Waals surface area contributed by atoms with E-state index in [2.05, 4.69) is 51.6 Å². The van der Waals surface area contributed by atoms with Gasteiger partial charge in [0, 0.05) is 38.4 Å². The maximum absolute atomic E-state index is 11.7. The molecule has 2 N–H and O–H groups in total. The van der Waals surface area contributed by atoms with E-state index in [-0.39, 0.29) is 43.1 Å². The Morgan fingerprint density at radius 3 is 2.45 bits per heavy atom. The first kappa shape index (κ1) is 28.3. The Balaban J connectivity index is 0.00000261. The minimum Gasteiger partial charge on any atom is -0.369 e. The number of rotatable bonds is 10. The van der Waals surface area contributed by atoms with Crippen molar-refractivity contribution in [1.82, 2.24) is 15.5 Å². The van der Waals surface area contributed by atoms with Crippen molar-refractivity contribution in [2.45, 2.75) is 32.6 Å². The number of nitrogens with one attached hydrogen (secondary N) is 2. The van der Waals surface area contributed by atoms with Gasteiger partial charge in [0.15, 0.2) is 0 Å². The van der Waals surface area contributed by atoms with E-state index in [1.165, 1.54) is 24.1 Å². The van der Waals surface area contributed by atoms with Gasteiger partial charge in [-0.05, 0) is 69.3 Å². The molecule has 1 saturated carbocycles. The molecule has 5 nitrogen and oxygen atoms in total. The number of carbonyl (C=O) groups is 1. The number of benzene rings is 1. The third-order valence-corrected chi connectivity index (χ3v) is 5.38. The molecule has 3 rings (SSSR count). The molecule has 1 saturated heterocycles. The van der Waals surface area contributed by atoms with E-state index in [9.17, 15) is 4.79 Å². The zero-order valence-corrected chi connectivity index (χ0v) is 19.8. The Morgan fingerprint density at radius 2 is 1.79 bits per heavy atom. The fraction of sp³-hybridized carbons (Fsp3) is 0.667. The first-order chi connectivity index (χ1) is 12.7. The molecule has 0 spiro atoms.